The molecule has 2 heterocycles. The molecule has 0 saturated carbocycles. The lowest BCUT2D eigenvalue weighted by molar-refractivity contribution is -0.109. The number of nitrogens with one attached hydrogen (secondary N) is 3. The van der Waals surface area contributed by atoms with Gasteiger partial charge in [-0.15, -0.1) is 0 Å². The highest BCUT2D eigenvalue weighted by molar-refractivity contribution is 6.31. The molecule has 3 N–H and O–H groups in total. The Morgan fingerprint density at radius 1 is 1.10 bits per heavy atom. The number of carbonyl (C=O) groups is 2. The summed E-state index contributed by atoms with van der Waals surface area (Å²) in [6, 6.07) is 7.34. The van der Waals surface area contributed by atoms with E-state index in [0.717, 1.165) is 12.1 Å². The van der Waals surface area contributed by atoms with Crippen LogP contribution in [-0.4, -0.2) is 42.0 Å². The van der Waals surface area contributed by atoms with E-state index in [4.69, 9.17) is 23.2 Å². The number of carbonyl (C=O) groups excluding carboxylic acids is 2. The van der Waals surface area contributed by atoms with Crippen molar-refractivity contribution in [3.8, 4) is 0 Å². The number of amides is 2. The fourth-order valence-corrected chi connectivity index (χ4v) is 4.55. The second-order valence-corrected chi connectivity index (χ2v) is 12.0. The molecule has 40 heavy (non-hydrogen) atoms. The highest BCUT2D eigenvalue weighted by atomic mass is 35.5. The van der Waals surface area contributed by atoms with Gasteiger partial charge in [0.2, 0.25) is 12.8 Å². The van der Waals surface area contributed by atoms with Crippen LogP contribution in [0.5, 0.6) is 0 Å². The largest absolute Gasteiger partial charge is 0.357 e. The fourth-order valence-electron chi connectivity index (χ4n) is 4.20. The van der Waals surface area contributed by atoms with E-state index in [2.05, 4.69) is 48.6 Å². The highest BCUT2D eigenvalue weighted by Crippen LogP contribution is 2.46. The second kappa shape index (κ2) is 15.1. The van der Waals surface area contributed by atoms with Crippen LogP contribution in [0, 0.1) is 17.0 Å². The lowest BCUT2D eigenvalue weighted by Crippen LogP contribution is -2.31. The average Bonchev–Trinajstić information content (AvgIpc) is 3.53. The molecule has 0 aliphatic carbocycles. The van der Waals surface area contributed by atoms with E-state index in [0.29, 0.717) is 49.1 Å². The van der Waals surface area contributed by atoms with Crippen molar-refractivity contribution < 1.29 is 18.4 Å². The van der Waals surface area contributed by atoms with Crippen LogP contribution >= 0.6 is 23.2 Å². The Hall–Kier alpha value is -3.01. The minimum Gasteiger partial charge on any atom is -0.357 e. The van der Waals surface area contributed by atoms with Gasteiger partial charge in [0.25, 0.3) is 0 Å². The third-order valence-electron chi connectivity index (χ3n) is 6.00. The molecule has 3 aromatic rings. The summed E-state index contributed by atoms with van der Waals surface area (Å²) in [7, 11) is 0. The van der Waals surface area contributed by atoms with Crippen LogP contribution in [-0.2, 0) is 21.5 Å². The molecule has 11 heteroatoms. The minimum absolute atomic E-state index is 0.0419. The third kappa shape index (κ3) is 9.87. The Labute approximate surface area is 244 Å². The van der Waals surface area contributed by atoms with Crippen molar-refractivity contribution in [2.75, 3.05) is 25.0 Å². The van der Waals surface area contributed by atoms with Crippen molar-refractivity contribution in [1.29, 1.82) is 0 Å². The van der Waals surface area contributed by atoms with E-state index in [1.807, 2.05) is 17.7 Å². The maximum absolute atomic E-state index is 14.1. The predicted octanol–water partition coefficient (Wildman–Crippen LogP) is 6.17. The molecule has 7 nitrogen and oxygen atoms in total. The van der Waals surface area contributed by atoms with Gasteiger partial charge in [-0.2, -0.15) is 0 Å². The van der Waals surface area contributed by atoms with E-state index < -0.39 is 17.0 Å². The maximum Gasteiger partial charge on any atom is 0.211 e. The number of rotatable bonds is 8. The SMILES string of the molecule is CC(C)(C)C.CC1(c2cc(F)c(Cl)cc2NC=O)CNC[C@@H]1c1ccc(F)c(Cl)c1.O=CNCCn1ccnc1. The first kappa shape index (κ1) is 33.2. The molecule has 1 unspecified atom stereocenters. The summed E-state index contributed by atoms with van der Waals surface area (Å²) in [5.74, 6) is -1.13. The number of anilines is 1. The van der Waals surface area contributed by atoms with Crippen molar-refractivity contribution in [1.82, 2.24) is 20.2 Å². The van der Waals surface area contributed by atoms with E-state index in [-0.39, 0.29) is 16.0 Å². The summed E-state index contributed by atoms with van der Waals surface area (Å²) in [6.45, 7) is 13.3. The normalized spacial score (nSPS) is 18.1. The summed E-state index contributed by atoms with van der Waals surface area (Å²) in [5.41, 5.74) is 1.87. The Morgan fingerprint density at radius 3 is 2.35 bits per heavy atom. The maximum atomic E-state index is 14.1. The molecule has 218 valence electrons. The van der Waals surface area contributed by atoms with Crippen LogP contribution in [0.1, 0.15) is 51.7 Å². The zero-order valence-corrected chi connectivity index (χ0v) is 24.9. The number of imidazole rings is 1. The summed E-state index contributed by atoms with van der Waals surface area (Å²) in [5, 5.41) is 8.42. The molecule has 0 spiro atoms. The topological polar surface area (TPSA) is 88.0 Å². The number of hydrogen-bond acceptors (Lipinski definition) is 4. The van der Waals surface area contributed by atoms with Crippen LogP contribution in [0.2, 0.25) is 10.0 Å². The number of halogens is 4. The molecule has 4 rings (SSSR count). The molecule has 1 aliphatic heterocycles. The number of aromatic nitrogens is 2. The van der Waals surface area contributed by atoms with E-state index in [9.17, 15) is 18.4 Å². The number of benzene rings is 2. The standard InChI is InChI=1S/C18H16Cl2F2N2O.C6H9N3O.C5H12/c1-18(11-5-16(22)14(20)6-17(11)24-9-25)8-23-7-12(18)10-2-3-15(21)13(19)4-10;10-6-8-2-4-9-3-1-7-5-9;1-5(2,3)4/h2-6,9,12,23H,7-8H2,1H3,(H,24,25);1,3,5-6H,2,4H2,(H,8,10);1-4H3/t12-,18?;;/m1../s1. The third-order valence-corrected chi connectivity index (χ3v) is 6.58. The summed E-state index contributed by atoms with van der Waals surface area (Å²) in [6.07, 6.45) is 6.50. The van der Waals surface area contributed by atoms with Crippen molar-refractivity contribution in [2.45, 2.75) is 52.5 Å². The van der Waals surface area contributed by atoms with Gasteiger partial charge in [0.05, 0.1) is 16.4 Å². The van der Waals surface area contributed by atoms with Gasteiger partial charge >= 0.3 is 0 Å². The Balaban J connectivity index is 0.000000307. The van der Waals surface area contributed by atoms with Crippen LogP contribution in [0.15, 0.2) is 49.1 Å². The molecule has 1 aromatic heterocycles. The van der Waals surface area contributed by atoms with E-state index >= 15 is 0 Å². The van der Waals surface area contributed by atoms with Gasteiger partial charge in [-0.05, 0) is 40.8 Å². The first-order valence-electron chi connectivity index (χ1n) is 12.8. The first-order valence-corrected chi connectivity index (χ1v) is 13.5. The van der Waals surface area contributed by atoms with Crippen molar-refractivity contribution >= 4 is 41.7 Å². The molecule has 2 atom stereocenters. The monoisotopic (exact) mass is 595 g/mol. The molecule has 0 radical (unpaired) electrons. The number of nitrogens with zero attached hydrogens (tertiary/aromatic N) is 2. The quantitative estimate of drug-likeness (QED) is 0.215. The van der Waals surface area contributed by atoms with Crippen LogP contribution in [0.4, 0.5) is 14.5 Å². The second-order valence-electron chi connectivity index (χ2n) is 11.2. The molecular weight excluding hydrogens is 559 g/mol. The van der Waals surface area contributed by atoms with Gasteiger partial charge in [-0.25, -0.2) is 13.8 Å². The van der Waals surface area contributed by atoms with Gasteiger partial charge < -0.3 is 20.5 Å². The smallest absolute Gasteiger partial charge is 0.211 e. The zero-order valence-electron chi connectivity index (χ0n) is 23.4. The predicted molar refractivity (Wildman–Crippen MR) is 157 cm³/mol. The molecule has 2 amide bonds. The average molecular weight is 597 g/mol. The van der Waals surface area contributed by atoms with Crippen LogP contribution < -0.4 is 16.0 Å². The Kier molecular flexibility index (Phi) is 12.5. The fraction of sp³-hybridized carbons (Fsp3) is 0.414. The van der Waals surface area contributed by atoms with Gasteiger partial charge in [0.1, 0.15) is 11.6 Å². The van der Waals surface area contributed by atoms with Gasteiger partial charge in [0.15, 0.2) is 0 Å². The molecule has 0 bridgehead atoms. The van der Waals surface area contributed by atoms with Crippen LogP contribution in [0.3, 0.4) is 0 Å². The lowest BCUT2D eigenvalue weighted by Gasteiger charge is -2.33. The van der Waals surface area contributed by atoms with E-state index in [1.165, 1.54) is 18.2 Å². The zero-order chi connectivity index (χ0) is 29.9. The van der Waals surface area contributed by atoms with Crippen molar-refractivity contribution in [3.05, 3.63) is 81.9 Å². The molecular formula is C29H37Cl2F2N5O2. The van der Waals surface area contributed by atoms with E-state index in [1.54, 1.807) is 24.7 Å². The minimum atomic E-state index is -0.558. The molecule has 1 saturated heterocycles. The first-order chi connectivity index (χ1) is 18.8. The van der Waals surface area contributed by atoms with Gasteiger partial charge in [0, 0.05) is 55.6 Å². The highest BCUT2D eigenvalue weighted by Gasteiger charge is 2.43. The molecule has 1 aliphatic rings. The van der Waals surface area contributed by atoms with Gasteiger partial charge in [-0.3, -0.25) is 9.59 Å². The summed E-state index contributed by atoms with van der Waals surface area (Å²) >= 11 is 11.8. The van der Waals surface area contributed by atoms with Gasteiger partial charge in [-0.1, -0.05) is 63.9 Å². The van der Waals surface area contributed by atoms with Crippen LogP contribution in [0.25, 0.3) is 0 Å². The Bertz CT molecular complexity index is 1250. The molecule has 1 fully saturated rings. The van der Waals surface area contributed by atoms with Crippen molar-refractivity contribution in [2.24, 2.45) is 5.41 Å². The summed E-state index contributed by atoms with van der Waals surface area (Å²) in [4.78, 5) is 24.6. The number of hydrogen-bond donors (Lipinski definition) is 3. The summed E-state index contributed by atoms with van der Waals surface area (Å²) < 4.78 is 29.5. The van der Waals surface area contributed by atoms with Crippen molar-refractivity contribution in [3.63, 3.8) is 0 Å². The lowest BCUT2D eigenvalue weighted by atomic mass is 9.70. The molecule has 2 aromatic carbocycles. The Morgan fingerprint density at radius 2 is 1.77 bits per heavy atom.